The highest BCUT2D eigenvalue weighted by atomic mass is 16.5. The van der Waals surface area contributed by atoms with Gasteiger partial charge in [-0.15, -0.1) is 0 Å². The summed E-state index contributed by atoms with van der Waals surface area (Å²) in [6.07, 6.45) is 2.31. The fourth-order valence-electron chi connectivity index (χ4n) is 2.62. The Morgan fingerprint density at radius 3 is 2.81 bits per heavy atom. The molecule has 0 spiro atoms. The van der Waals surface area contributed by atoms with E-state index in [-0.39, 0.29) is 0 Å². The Kier molecular flexibility index (Phi) is 2.37. The number of nitrogens with two attached hydrogens (primary N) is 1. The molecule has 2 aliphatic rings. The van der Waals surface area contributed by atoms with Crippen LogP contribution in [0.15, 0.2) is 0 Å². The molecule has 16 heavy (non-hydrogen) atoms. The maximum absolute atomic E-state index is 5.90. The first kappa shape index (κ1) is 10.1. The first-order chi connectivity index (χ1) is 7.75. The molecule has 2 N–H and O–H groups in total. The smallest absolute Gasteiger partial charge is 0.151 e. The number of ether oxygens (including phenoxy) is 1. The second-order valence-electron chi connectivity index (χ2n) is 4.78. The van der Waals surface area contributed by atoms with Crippen molar-refractivity contribution in [1.29, 1.82) is 0 Å². The first-order valence-corrected chi connectivity index (χ1v) is 5.87. The third kappa shape index (κ3) is 1.51. The number of aromatic nitrogens is 2. The predicted molar refractivity (Wildman–Crippen MR) is 60.9 cm³/mol. The molecule has 3 heterocycles. The lowest BCUT2D eigenvalue weighted by Gasteiger charge is -2.29. The quantitative estimate of drug-likeness (QED) is 0.762. The molecule has 0 unspecified atom stereocenters. The third-order valence-corrected chi connectivity index (χ3v) is 3.67. The monoisotopic (exact) mass is 222 g/mol. The summed E-state index contributed by atoms with van der Waals surface area (Å²) >= 11 is 0. The van der Waals surface area contributed by atoms with Crippen molar-refractivity contribution in [1.82, 2.24) is 14.7 Å². The van der Waals surface area contributed by atoms with E-state index < -0.39 is 0 Å². The van der Waals surface area contributed by atoms with Crippen molar-refractivity contribution in [3.8, 4) is 0 Å². The first-order valence-electron chi connectivity index (χ1n) is 5.87. The van der Waals surface area contributed by atoms with Crippen LogP contribution in [0.4, 0.5) is 5.82 Å². The zero-order valence-corrected chi connectivity index (χ0v) is 9.65. The number of likely N-dealkylation sites (tertiary alicyclic amines) is 1. The van der Waals surface area contributed by atoms with Gasteiger partial charge in [0.2, 0.25) is 0 Å². The van der Waals surface area contributed by atoms with E-state index in [0.29, 0.717) is 25.1 Å². The standard InChI is InChI=1S/C11H18N4O/c1-14-4-2-8(3-5-14)15-10-7-16-6-9(10)11(12)13-15/h8H,2-7H2,1H3,(H2,12,13). The Bertz CT molecular complexity index is 393. The lowest BCUT2D eigenvalue weighted by atomic mass is 10.1. The summed E-state index contributed by atoms with van der Waals surface area (Å²) < 4.78 is 7.55. The highest BCUT2D eigenvalue weighted by Crippen LogP contribution is 2.31. The molecule has 1 saturated heterocycles. The lowest BCUT2D eigenvalue weighted by molar-refractivity contribution is 0.125. The van der Waals surface area contributed by atoms with Gasteiger partial charge in [0.25, 0.3) is 0 Å². The van der Waals surface area contributed by atoms with E-state index in [9.17, 15) is 0 Å². The highest BCUT2D eigenvalue weighted by molar-refractivity contribution is 5.43. The lowest BCUT2D eigenvalue weighted by Crippen LogP contribution is -2.32. The second-order valence-corrected chi connectivity index (χ2v) is 4.78. The van der Waals surface area contributed by atoms with Gasteiger partial charge in [0, 0.05) is 5.56 Å². The average Bonchev–Trinajstić information content (AvgIpc) is 2.84. The van der Waals surface area contributed by atoms with E-state index in [1.54, 1.807) is 0 Å². The van der Waals surface area contributed by atoms with Gasteiger partial charge >= 0.3 is 0 Å². The molecule has 1 aromatic heterocycles. The van der Waals surface area contributed by atoms with Crippen LogP contribution in [0.5, 0.6) is 0 Å². The zero-order valence-electron chi connectivity index (χ0n) is 9.65. The minimum Gasteiger partial charge on any atom is -0.382 e. The van der Waals surface area contributed by atoms with E-state index in [1.807, 2.05) is 0 Å². The van der Waals surface area contributed by atoms with Crippen LogP contribution in [-0.4, -0.2) is 34.8 Å². The van der Waals surface area contributed by atoms with Crippen LogP contribution in [0.2, 0.25) is 0 Å². The van der Waals surface area contributed by atoms with Crippen molar-refractivity contribution in [2.45, 2.75) is 32.1 Å². The van der Waals surface area contributed by atoms with E-state index in [2.05, 4.69) is 21.7 Å². The van der Waals surface area contributed by atoms with Crippen molar-refractivity contribution < 1.29 is 4.74 Å². The van der Waals surface area contributed by atoms with Crippen molar-refractivity contribution in [2.75, 3.05) is 25.9 Å². The maximum Gasteiger partial charge on any atom is 0.151 e. The van der Waals surface area contributed by atoms with E-state index in [4.69, 9.17) is 10.5 Å². The van der Waals surface area contributed by atoms with E-state index >= 15 is 0 Å². The second kappa shape index (κ2) is 3.75. The van der Waals surface area contributed by atoms with Gasteiger partial charge in [0.15, 0.2) is 5.82 Å². The molecule has 0 aromatic carbocycles. The summed E-state index contributed by atoms with van der Waals surface area (Å²) in [5, 5.41) is 4.48. The molecule has 2 aliphatic heterocycles. The summed E-state index contributed by atoms with van der Waals surface area (Å²) in [6.45, 7) is 3.58. The Hall–Kier alpha value is -1.07. The molecule has 0 bridgehead atoms. The van der Waals surface area contributed by atoms with Gasteiger partial charge in [-0.1, -0.05) is 0 Å². The van der Waals surface area contributed by atoms with Crippen molar-refractivity contribution in [3.63, 3.8) is 0 Å². The fourth-order valence-corrected chi connectivity index (χ4v) is 2.62. The zero-order chi connectivity index (χ0) is 11.1. The Morgan fingerprint density at radius 1 is 1.31 bits per heavy atom. The summed E-state index contributed by atoms with van der Waals surface area (Å²) in [4.78, 5) is 2.36. The highest BCUT2D eigenvalue weighted by Gasteiger charge is 2.27. The molecule has 5 heteroatoms. The van der Waals surface area contributed by atoms with Gasteiger partial charge in [0.05, 0.1) is 24.9 Å². The molecule has 0 radical (unpaired) electrons. The molecular weight excluding hydrogens is 204 g/mol. The summed E-state index contributed by atoms with van der Waals surface area (Å²) in [5.74, 6) is 0.659. The maximum atomic E-state index is 5.90. The minimum absolute atomic E-state index is 0.504. The number of hydrogen-bond acceptors (Lipinski definition) is 4. The van der Waals surface area contributed by atoms with Crippen molar-refractivity contribution >= 4 is 5.82 Å². The molecule has 0 aliphatic carbocycles. The van der Waals surface area contributed by atoms with Gasteiger partial charge in [0.1, 0.15) is 0 Å². The number of fused-ring (bicyclic) bond motifs is 1. The SMILES string of the molecule is CN1CCC(n2nc(N)c3c2COC3)CC1. The summed E-state index contributed by atoms with van der Waals surface area (Å²) in [7, 11) is 2.17. The van der Waals surface area contributed by atoms with Gasteiger partial charge in [-0.2, -0.15) is 5.10 Å². The summed E-state index contributed by atoms with van der Waals surface area (Å²) in [6, 6.07) is 0.504. The number of rotatable bonds is 1. The van der Waals surface area contributed by atoms with Crippen LogP contribution < -0.4 is 5.73 Å². The van der Waals surface area contributed by atoms with Crippen LogP contribution in [0.25, 0.3) is 0 Å². The normalized spacial score (nSPS) is 22.6. The Labute approximate surface area is 95.2 Å². The predicted octanol–water partition coefficient (Wildman–Crippen LogP) is 0.762. The number of nitrogen functional groups attached to an aromatic ring is 1. The van der Waals surface area contributed by atoms with Crippen LogP contribution in [0.1, 0.15) is 30.1 Å². The van der Waals surface area contributed by atoms with Gasteiger partial charge in [-0.25, -0.2) is 0 Å². The van der Waals surface area contributed by atoms with Gasteiger partial charge in [-0.3, -0.25) is 4.68 Å². The molecular formula is C11H18N4O. The number of hydrogen-bond donors (Lipinski definition) is 1. The average molecular weight is 222 g/mol. The molecule has 1 aromatic rings. The van der Waals surface area contributed by atoms with Crippen LogP contribution in [0, 0.1) is 0 Å². The van der Waals surface area contributed by atoms with E-state index in [1.165, 1.54) is 5.69 Å². The number of piperidine rings is 1. The molecule has 3 rings (SSSR count). The largest absolute Gasteiger partial charge is 0.382 e. The van der Waals surface area contributed by atoms with Crippen LogP contribution >= 0.6 is 0 Å². The van der Waals surface area contributed by atoms with Gasteiger partial charge in [-0.05, 0) is 33.0 Å². The minimum atomic E-state index is 0.504. The molecule has 5 nitrogen and oxygen atoms in total. The molecule has 0 saturated carbocycles. The Balaban J connectivity index is 1.87. The Morgan fingerprint density at radius 2 is 2.06 bits per heavy atom. The fraction of sp³-hybridized carbons (Fsp3) is 0.727. The number of nitrogens with zero attached hydrogens (tertiary/aromatic N) is 3. The molecule has 88 valence electrons. The van der Waals surface area contributed by atoms with E-state index in [0.717, 1.165) is 31.5 Å². The third-order valence-electron chi connectivity index (χ3n) is 3.67. The summed E-state index contributed by atoms with van der Waals surface area (Å²) in [5.41, 5.74) is 8.22. The van der Waals surface area contributed by atoms with Crippen molar-refractivity contribution in [3.05, 3.63) is 11.3 Å². The molecule has 0 atom stereocenters. The molecule has 1 fully saturated rings. The van der Waals surface area contributed by atoms with Crippen LogP contribution in [0.3, 0.4) is 0 Å². The van der Waals surface area contributed by atoms with Crippen molar-refractivity contribution in [2.24, 2.45) is 0 Å². The van der Waals surface area contributed by atoms with Gasteiger partial charge < -0.3 is 15.4 Å². The van der Waals surface area contributed by atoms with Crippen LogP contribution in [-0.2, 0) is 18.0 Å². The number of anilines is 1. The molecule has 0 amide bonds. The topological polar surface area (TPSA) is 56.3 Å².